The van der Waals surface area contributed by atoms with Crippen LogP contribution in [0.4, 0.5) is 0 Å². The Morgan fingerprint density at radius 3 is 2.84 bits per heavy atom. The predicted octanol–water partition coefficient (Wildman–Crippen LogP) is 4.18. The lowest BCUT2D eigenvalue weighted by Gasteiger charge is -2.45. The molecular formula is C26H27N3O2. The summed E-state index contributed by atoms with van der Waals surface area (Å²) < 4.78 is 0. The van der Waals surface area contributed by atoms with Gasteiger partial charge in [0.2, 0.25) is 5.56 Å². The second kappa shape index (κ2) is 8.34. The quantitative estimate of drug-likeness (QED) is 0.583. The second-order valence-corrected chi connectivity index (χ2v) is 8.12. The van der Waals surface area contributed by atoms with E-state index in [1.54, 1.807) is 19.2 Å². The first-order chi connectivity index (χ1) is 15.0. The molecule has 5 heteroatoms. The minimum absolute atomic E-state index is 0.0775. The van der Waals surface area contributed by atoms with Gasteiger partial charge in [0.1, 0.15) is 5.54 Å². The van der Waals surface area contributed by atoms with Gasteiger partial charge in [0.25, 0.3) is 5.91 Å². The van der Waals surface area contributed by atoms with Crippen LogP contribution in [0.5, 0.6) is 0 Å². The fourth-order valence-corrected chi connectivity index (χ4v) is 4.95. The maximum Gasteiger partial charge on any atom is 0.251 e. The standard InChI is InChI=1S/C26H27N3O2/c1-4-21-19-14-17(2)16-26(21,22-11-12-24(30)29-23(22)15-19)28-13-7-9-18-8-5-6-10-20(18)25(31)27-3/h4-14,19H,15-16H2,1-3H3,(H,27,31)(H,29,30)/b9-7+,21-4+,28-13?. The van der Waals surface area contributed by atoms with Crippen molar-refractivity contribution in [1.82, 2.24) is 10.3 Å². The van der Waals surface area contributed by atoms with Gasteiger partial charge in [-0.1, -0.05) is 42.0 Å². The van der Waals surface area contributed by atoms with Crippen molar-refractivity contribution in [2.75, 3.05) is 7.05 Å². The zero-order valence-electron chi connectivity index (χ0n) is 18.1. The Bertz CT molecular complexity index is 1200. The fraction of sp³-hybridized carbons (Fsp3) is 0.269. The van der Waals surface area contributed by atoms with E-state index >= 15 is 0 Å². The Kier molecular flexibility index (Phi) is 5.59. The first-order valence-electron chi connectivity index (χ1n) is 10.6. The molecule has 1 heterocycles. The van der Waals surface area contributed by atoms with Crippen LogP contribution >= 0.6 is 0 Å². The molecule has 2 aliphatic rings. The molecule has 0 fully saturated rings. The third kappa shape index (κ3) is 3.72. The Labute approximate surface area is 182 Å². The van der Waals surface area contributed by atoms with Crippen LogP contribution in [-0.4, -0.2) is 24.2 Å². The SMILES string of the molecule is C/C=C1\C2C=C(C)CC1(N=C/C=C/c1ccccc1C(=O)NC)c1ccc(=O)[nH]c1C2. The first-order valence-corrected chi connectivity index (χ1v) is 10.6. The number of allylic oxidation sites excluding steroid dienone is 3. The van der Waals surface area contributed by atoms with E-state index in [1.165, 1.54) is 11.1 Å². The summed E-state index contributed by atoms with van der Waals surface area (Å²) in [4.78, 5) is 32.2. The van der Waals surface area contributed by atoms with Crippen LogP contribution in [-0.2, 0) is 12.0 Å². The molecule has 1 aromatic heterocycles. The number of rotatable bonds is 4. The van der Waals surface area contributed by atoms with E-state index in [1.807, 2.05) is 42.6 Å². The minimum Gasteiger partial charge on any atom is -0.355 e. The number of aliphatic imine (C=N–C) groups is 1. The van der Waals surface area contributed by atoms with Crippen molar-refractivity contribution in [2.45, 2.75) is 32.2 Å². The molecule has 2 atom stereocenters. The predicted molar refractivity (Wildman–Crippen MR) is 125 cm³/mol. The number of carbonyl (C=O) groups excluding carboxylic acids is 1. The number of benzene rings is 1. The average molecular weight is 414 g/mol. The summed E-state index contributed by atoms with van der Waals surface area (Å²) in [5, 5.41) is 2.68. The number of aromatic amines is 1. The summed E-state index contributed by atoms with van der Waals surface area (Å²) in [6.45, 7) is 4.21. The molecule has 2 N–H and O–H groups in total. The highest BCUT2D eigenvalue weighted by Gasteiger charge is 2.46. The molecule has 4 rings (SSSR count). The van der Waals surface area contributed by atoms with Crippen molar-refractivity contribution in [3.63, 3.8) is 0 Å². The van der Waals surface area contributed by atoms with Gasteiger partial charge in [-0.05, 0) is 49.6 Å². The molecule has 1 amide bonds. The van der Waals surface area contributed by atoms with Gasteiger partial charge in [-0.2, -0.15) is 0 Å². The molecule has 0 spiro atoms. The molecule has 1 aromatic carbocycles. The van der Waals surface area contributed by atoms with Gasteiger partial charge in [0.05, 0.1) is 0 Å². The van der Waals surface area contributed by atoms with E-state index < -0.39 is 5.54 Å². The van der Waals surface area contributed by atoms with E-state index in [0.717, 1.165) is 29.7 Å². The summed E-state index contributed by atoms with van der Waals surface area (Å²) in [5.74, 6) is 0.118. The number of nitrogens with one attached hydrogen (secondary N) is 2. The summed E-state index contributed by atoms with van der Waals surface area (Å²) in [6, 6.07) is 11.0. The monoisotopic (exact) mass is 413 g/mol. The van der Waals surface area contributed by atoms with Crippen LogP contribution in [0.2, 0.25) is 0 Å². The van der Waals surface area contributed by atoms with Gasteiger partial charge < -0.3 is 10.3 Å². The maximum atomic E-state index is 12.1. The Balaban J connectivity index is 1.75. The van der Waals surface area contributed by atoms with Gasteiger partial charge >= 0.3 is 0 Å². The number of hydrogen-bond acceptors (Lipinski definition) is 3. The molecule has 2 unspecified atom stereocenters. The van der Waals surface area contributed by atoms with Crippen molar-refractivity contribution in [1.29, 1.82) is 0 Å². The van der Waals surface area contributed by atoms with Crippen LogP contribution in [0.3, 0.4) is 0 Å². The summed E-state index contributed by atoms with van der Waals surface area (Å²) in [6.07, 6.45) is 11.6. The normalized spacial score (nSPS) is 23.8. The molecule has 0 saturated heterocycles. The number of carbonyl (C=O) groups is 1. The number of H-pyrrole nitrogens is 1. The number of amides is 1. The van der Waals surface area contributed by atoms with E-state index in [-0.39, 0.29) is 17.4 Å². The molecule has 2 bridgehead atoms. The van der Waals surface area contributed by atoms with Gasteiger partial charge in [-0.25, -0.2) is 0 Å². The number of fused-ring (bicyclic) bond motifs is 4. The van der Waals surface area contributed by atoms with Crippen molar-refractivity contribution < 1.29 is 4.79 Å². The Morgan fingerprint density at radius 2 is 2.06 bits per heavy atom. The molecular weight excluding hydrogens is 386 g/mol. The van der Waals surface area contributed by atoms with Gasteiger partial charge in [0, 0.05) is 48.5 Å². The molecule has 2 aliphatic carbocycles. The van der Waals surface area contributed by atoms with E-state index in [4.69, 9.17) is 4.99 Å². The number of pyridine rings is 1. The van der Waals surface area contributed by atoms with Crippen molar-refractivity contribution in [2.24, 2.45) is 10.9 Å². The molecule has 5 nitrogen and oxygen atoms in total. The molecule has 0 saturated carbocycles. The van der Waals surface area contributed by atoms with E-state index in [2.05, 4.69) is 36.3 Å². The second-order valence-electron chi connectivity index (χ2n) is 8.12. The molecule has 2 aromatic rings. The fourth-order valence-electron chi connectivity index (χ4n) is 4.95. The van der Waals surface area contributed by atoms with Crippen LogP contribution in [0.25, 0.3) is 6.08 Å². The minimum atomic E-state index is -0.513. The smallest absolute Gasteiger partial charge is 0.251 e. The zero-order chi connectivity index (χ0) is 22.0. The first kappa shape index (κ1) is 20.8. The zero-order valence-corrected chi connectivity index (χ0v) is 18.1. The third-order valence-corrected chi connectivity index (χ3v) is 6.17. The molecule has 158 valence electrons. The lowest BCUT2D eigenvalue weighted by Crippen LogP contribution is -2.40. The van der Waals surface area contributed by atoms with Crippen molar-refractivity contribution in [3.8, 4) is 0 Å². The molecule has 0 aliphatic heterocycles. The topological polar surface area (TPSA) is 74.3 Å². The van der Waals surface area contributed by atoms with Crippen LogP contribution in [0.15, 0.2) is 75.6 Å². The lowest BCUT2D eigenvalue weighted by molar-refractivity contribution is 0.0963. The summed E-state index contributed by atoms with van der Waals surface area (Å²) in [5.41, 5.74) is 5.48. The maximum absolute atomic E-state index is 12.1. The Hall–Kier alpha value is -3.47. The van der Waals surface area contributed by atoms with Crippen LogP contribution in [0.1, 0.15) is 47.4 Å². The number of nitrogens with zero attached hydrogens (tertiary/aromatic N) is 1. The molecule has 31 heavy (non-hydrogen) atoms. The highest BCUT2D eigenvalue weighted by atomic mass is 16.1. The van der Waals surface area contributed by atoms with Gasteiger partial charge in [-0.3, -0.25) is 14.6 Å². The van der Waals surface area contributed by atoms with Crippen molar-refractivity contribution in [3.05, 3.63) is 98.5 Å². The largest absolute Gasteiger partial charge is 0.355 e. The highest BCUT2D eigenvalue weighted by molar-refractivity contribution is 5.98. The van der Waals surface area contributed by atoms with E-state index in [9.17, 15) is 9.59 Å². The van der Waals surface area contributed by atoms with Gasteiger partial charge in [0.15, 0.2) is 0 Å². The third-order valence-electron chi connectivity index (χ3n) is 6.17. The average Bonchev–Trinajstić information content (AvgIpc) is 2.75. The van der Waals surface area contributed by atoms with Crippen LogP contribution < -0.4 is 10.9 Å². The van der Waals surface area contributed by atoms with Gasteiger partial charge in [-0.15, -0.1) is 0 Å². The Morgan fingerprint density at radius 1 is 1.26 bits per heavy atom. The summed E-state index contributed by atoms with van der Waals surface area (Å²) in [7, 11) is 1.63. The van der Waals surface area contributed by atoms with Crippen molar-refractivity contribution >= 4 is 18.2 Å². The van der Waals surface area contributed by atoms with E-state index in [0.29, 0.717) is 5.56 Å². The molecule has 0 radical (unpaired) electrons. The highest BCUT2D eigenvalue weighted by Crippen LogP contribution is 2.51. The van der Waals surface area contributed by atoms with Crippen LogP contribution in [0, 0.1) is 5.92 Å². The number of aromatic nitrogens is 1. The summed E-state index contributed by atoms with van der Waals surface area (Å²) >= 11 is 0. The lowest BCUT2D eigenvalue weighted by atomic mass is 9.63. The number of hydrogen-bond donors (Lipinski definition) is 2.